The Morgan fingerprint density at radius 3 is 2.19 bits per heavy atom. The maximum atomic E-state index is 13.0. The highest BCUT2D eigenvalue weighted by Gasteiger charge is 2.24. The molecule has 0 aliphatic heterocycles. The summed E-state index contributed by atoms with van der Waals surface area (Å²) >= 11 is 0. The Morgan fingerprint density at radius 1 is 1.05 bits per heavy atom. The van der Waals surface area contributed by atoms with E-state index in [9.17, 15) is 9.18 Å². The number of nitrogens with one attached hydrogen (secondary N) is 1. The van der Waals surface area contributed by atoms with Crippen LogP contribution in [0.4, 0.5) is 14.9 Å². The standard InChI is InChI=1S/C17H19FN2O/c1-17(2,13-9-11-14(18)12-10-13)19-16(21)20(3)15-7-5-4-6-8-15/h4-12H,1-3H3,(H,19,21). The molecule has 0 radical (unpaired) electrons. The molecule has 2 amide bonds. The quantitative estimate of drug-likeness (QED) is 0.911. The molecule has 2 aromatic carbocycles. The van der Waals surface area contributed by atoms with Crippen molar-refractivity contribution in [2.75, 3.05) is 11.9 Å². The Morgan fingerprint density at radius 2 is 1.62 bits per heavy atom. The number of carbonyl (C=O) groups excluding carboxylic acids is 1. The van der Waals surface area contributed by atoms with E-state index in [4.69, 9.17) is 0 Å². The summed E-state index contributed by atoms with van der Waals surface area (Å²) in [5.74, 6) is -0.290. The zero-order chi connectivity index (χ0) is 15.5. The number of para-hydroxylation sites is 1. The van der Waals surface area contributed by atoms with Crippen LogP contribution in [0.25, 0.3) is 0 Å². The molecule has 0 aliphatic rings. The van der Waals surface area contributed by atoms with E-state index in [0.717, 1.165) is 11.3 Å². The van der Waals surface area contributed by atoms with Crippen molar-refractivity contribution in [3.63, 3.8) is 0 Å². The van der Waals surface area contributed by atoms with Crippen molar-refractivity contribution < 1.29 is 9.18 Å². The fourth-order valence-corrected chi connectivity index (χ4v) is 2.06. The molecule has 0 saturated carbocycles. The number of amides is 2. The Labute approximate surface area is 124 Å². The van der Waals surface area contributed by atoms with Gasteiger partial charge in [0.2, 0.25) is 0 Å². The Balaban J connectivity index is 2.12. The number of hydrogen-bond acceptors (Lipinski definition) is 1. The summed E-state index contributed by atoms with van der Waals surface area (Å²) < 4.78 is 13.0. The van der Waals surface area contributed by atoms with Gasteiger partial charge < -0.3 is 5.32 Å². The monoisotopic (exact) mass is 286 g/mol. The van der Waals surface area contributed by atoms with Gasteiger partial charge in [-0.15, -0.1) is 0 Å². The van der Waals surface area contributed by atoms with E-state index < -0.39 is 5.54 Å². The molecule has 0 bridgehead atoms. The van der Waals surface area contributed by atoms with Crippen molar-refractivity contribution in [2.24, 2.45) is 0 Å². The molecule has 1 N–H and O–H groups in total. The zero-order valence-corrected chi connectivity index (χ0v) is 12.4. The largest absolute Gasteiger partial charge is 0.329 e. The average Bonchev–Trinajstić information content (AvgIpc) is 2.47. The van der Waals surface area contributed by atoms with Crippen molar-refractivity contribution in [3.8, 4) is 0 Å². The summed E-state index contributed by atoms with van der Waals surface area (Å²) in [6.45, 7) is 3.77. The molecule has 0 aromatic heterocycles. The molecule has 0 spiro atoms. The highest BCUT2D eigenvalue weighted by atomic mass is 19.1. The van der Waals surface area contributed by atoms with Crippen LogP contribution in [0, 0.1) is 5.82 Å². The van der Waals surface area contributed by atoms with Gasteiger partial charge >= 0.3 is 6.03 Å². The first-order valence-corrected chi connectivity index (χ1v) is 6.77. The molecule has 4 heteroatoms. The lowest BCUT2D eigenvalue weighted by molar-refractivity contribution is 0.237. The normalized spacial score (nSPS) is 11.0. The molecule has 21 heavy (non-hydrogen) atoms. The number of urea groups is 1. The van der Waals surface area contributed by atoms with Gasteiger partial charge in [-0.25, -0.2) is 9.18 Å². The molecule has 0 aliphatic carbocycles. The predicted molar refractivity (Wildman–Crippen MR) is 82.8 cm³/mol. The third-order valence-electron chi connectivity index (χ3n) is 3.43. The van der Waals surface area contributed by atoms with Crippen LogP contribution < -0.4 is 10.2 Å². The summed E-state index contributed by atoms with van der Waals surface area (Å²) in [7, 11) is 1.71. The van der Waals surface area contributed by atoms with Gasteiger partial charge in [0.15, 0.2) is 0 Å². The number of nitrogens with zero attached hydrogens (tertiary/aromatic N) is 1. The molecule has 0 saturated heterocycles. The summed E-state index contributed by atoms with van der Waals surface area (Å²) in [5, 5.41) is 2.95. The minimum Gasteiger partial charge on any atom is -0.329 e. The molecule has 0 unspecified atom stereocenters. The van der Waals surface area contributed by atoms with Crippen LogP contribution >= 0.6 is 0 Å². The van der Waals surface area contributed by atoms with Crippen LogP contribution in [0.5, 0.6) is 0 Å². The van der Waals surface area contributed by atoms with Crippen LogP contribution in [0.3, 0.4) is 0 Å². The van der Waals surface area contributed by atoms with Crippen molar-refractivity contribution in [2.45, 2.75) is 19.4 Å². The highest BCUT2D eigenvalue weighted by molar-refractivity contribution is 5.91. The first kappa shape index (κ1) is 15.0. The topological polar surface area (TPSA) is 32.3 Å². The van der Waals surface area contributed by atoms with Crippen molar-refractivity contribution in [1.82, 2.24) is 5.32 Å². The first-order valence-electron chi connectivity index (χ1n) is 6.77. The van der Waals surface area contributed by atoms with E-state index in [-0.39, 0.29) is 11.8 Å². The van der Waals surface area contributed by atoms with Crippen LogP contribution in [-0.4, -0.2) is 13.1 Å². The number of carbonyl (C=O) groups is 1. The summed E-state index contributed by atoms with van der Waals surface area (Å²) in [6.07, 6.45) is 0. The molecular weight excluding hydrogens is 267 g/mol. The molecule has 110 valence electrons. The Hall–Kier alpha value is -2.36. The van der Waals surface area contributed by atoms with Gasteiger partial charge in [-0.2, -0.15) is 0 Å². The fourth-order valence-electron chi connectivity index (χ4n) is 2.06. The van der Waals surface area contributed by atoms with E-state index in [1.54, 1.807) is 24.1 Å². The molecule has 2 aromatic rings. The van der Waals surface area contributed by atoms with E-state index in [1.165, 1.54) is 12.1 Å². The minimum absolute atomic E-state index is 0.212. The van der Waals surface area contributed by atoms with Crippen LogP contribution in [0.1, 0.15) is 19.4 Å². The number of rotatable bonds is 3. The van der Waals surface area contributed by atoms with Gasteiger partial charge in [-0.05, 0) is 43.7 Å². The minimum atomic E-state index is -0.589. The van der Waals surface area contributed by atoms with Gasteiger partial charge in [0.05, 0.1) is 5.54 Å². The maximum absolute atomic E-state index is 13.0. The summed E-state index contributed by atoms with van der Waals surface area (Å²) in [4.78, 5) is 13.9. The zero-order valence-electron chi connectivity index (χ0n) is 12.4. The number of anilines is 1. The van der Waals surface area contributed by atoms with Crippen LogP contribution in [0.15, 0.2) is 54.6 Å². The van der Waals surface area contributed by atoms with E-state index in [0.29, 0.717) is 0 Å². The SMILES string of the molecule is CN(C(=O)NC(C)(C)c1ccc(F)cc1)c1ccccc1. The smallest absolute Gasteiger partial charge is 0.322 e. The van der Waals surface area contributed by atoms with Gasteiger partial charge in [-0.3, -0.25) is 4.90 Å². The van der Waals surface area contributed by atoms with Gasteiger partial charge in [-0.1, -0.05) is 30.3 Å². The third kappa shape index (κ3) is 3.60. The fraction of sp³-hybridized carbons (Fsp3) is 0.235. The average molecular weight is 286 g/mol. The lowest BCUT2D eigenvalue weighted by atomic mass is 9.94. The van der Waals surface area contributed by atoms with Gasteiger partial charge in [0, 0.05) is 12.7 Å². The lowest BCUT2D eigenvalue weighted by Crippen LogP contribution is -2.47. The second-order valence-electron chi connectivity index (χ2n) is 5.46. The van der Waals surface area contributed by atoms with E-state index >= 15 is 0 Å². The van der Waals surface area contributed by atoms with E-state index in [2.05, 4.69) is 5.32 Å². The van der Waals surface area contributed by atoms with Crippen molar-refractivity contribution in [3.05, 3.63) is 66.0 Å². The Bertz CT molecular complexity index is 608. The predicted octanol–water partition coefficient (Wildman–Crippen LogP) is 3.91. The van der Waals surface area contributed by atoms with Gasteiger partial charge in [0.1, 0.15) is 5.82 Å². The van der Waals surface area contributed by atoms with Crippen LogP contribution in [-0.2, 0) is 5.54 Å². The maximum Gasteiger partial charge on any atom is 0.322 e. The second-order valence-corrected chi connectivity index (χ2v) is 5.46. The lowest BCUT2D eigenvalue weighted by Gasteiger charge is -2.30. The van der Waals surface area contributed by atoms with Gasteiger partial charge in [0.25, 0.3) is 0 Å². The van der Waals surface area contributed by atoms with Crippen LogP contribution in [0.2, 0.25) is 0 Å². The summed E-state index contributed by atoms with van der Waals surface area (Å²) in [6, 6.07) is 15.3. The second kappa shape index (κ2) is 5.95. The first-order chi connectivity index (χ1) is 9.90. The Kier molecular flexibility index (Phi) is 4.26. The van der Waals surface area contributed by atoms with E-state index in [1.807, 2.05) is 44.2 Å². The molecule has 3 nitrogen and oxygen atoms in total. The van der Waals surface area contributed by atoms with Crippen molar-refractivity contribution in [1.29, 1.82) is 0 Å². The number of halogens is 1. The third-order valence-corrected chi connectivity index (χ3v) is 3.43. The summed E-state index contributed by atoms with van der Waals surface area (Å²) in [5.41, 5.74) is 1.07. The molecule has 0 fully saturated rings. The molecule has 2 rings (SSSR count). The van der Waals surface area contributed by atoms with Crippen molar-refractivity contribution >= 4 is 11.7 Å². The number of hydrogen-bond donors (Lipinski definition) is 1. The molecule has 0 heterocycles. The highest BCUT2D eigenvalue weighted by Crippen LogP contribution is 2.21. The molecular formula is C17H19FN2O. The molecule has 0 atom stereocenters. The number of benzene rings is 2.